The Hall–Kier alpha value is -1.51. The van der Waals surface area contributed by atoms with E-state index in [0.29, 0.717) is 0 Å². The maximum atomic E-state index is 13.0. The van der Waals surface area contributed by atoms with Crippen LogP contribution in [0.5, 0.6) is 0 Å². The number of nitrogen functional groups attached to an aromatic ring is 1. The molecule has 1 aromatic rings. The van der Waals surface area contributed by atoms with E-state index in [1.165, 1.54) is 26.1 Å². The summed E-state index contributed by atoms with van der Waals surface area (Å²) >= 11 is 0. The summed E-state index contributed by atoms with van der Waals surface area (Å²) in [6, 6.07) is 1.39. The predicted molar refractivity (Wildman–Crippen MR) is 66.2 cm³/mol. The number of hydrogen-bond donors (Lipinski definition) is 3. The van der Waals surface area contributed by atoms with Crippen molar-refractivity contribution in [1.82, 2.24) is 9.55 Å². The van der Waals surface area contributed by atoms with Crippen LogP contribution in [-0.2, 0) is 4.74 Å². The second-order valence-electron chi connectivity index (χ2n) is 4.29. The third-order valence-electron chi connectivity index (χ3n) is 2.90. The van der Waals surface area contributed by atoms with Gasteiger partial charge in [0.2, 0.25) is 0 Å². The highest BCUT2D eigenvalue weighted by atomic mass is 19.1. The number of nitrogens with zero attached hydrogens (tertiary/aromatic N) is 2. The lowest BCUT2D eigenvalue weighted by Crippen LogP contribution is -2.50. The SMILES string of the molecule is C[C@H](O)C(CO)(CF)O[C@H](C)n1ccc(N)nc1=O. The van der Waals surface area contributed by atoms with Crippen molar-refractivity contribution in [2.45, 2.75) is 31.8 Å². The first-order valence-electron chi connectivity index (χ1n) is 5.73. The molecule has 0 saturated carbocycles. The number of alkyl halides is 1. The molecule has 1 heterocycles. The van der Waals surface area contributed by atoms with Crippen molar-refractivity contribution >= 4 is 5.82 Å². The summed E-state index contributed by atoms with van der Waals surface area (Å²) in [5.41, 5.74) is 2.91. The standard InChI is InChI=1S/C11H18FN3O4/c1-7(17)11(5-12,6-16)19-8(2)15-4-3-9(13)14-10(15)18/h3-4,7-8,16-17H,5-6H2,1-2H3,(H2,13,14,18)/t7-,8+,11?/m0/s1. The molecule has 0 aliphatic rings. The summed E-state index contributed by atoms with van der Waals surface area (Å²) in [6.45, 7) is 0.958. The number of aromatic nitrogens is 2. The number of aliphatic hydroxyl groups excluding tert-OH is 2. The quantitative estimate of drug-likeness (QED) is 0.642. The number of anilines is 1. The van der Waals surface area contributed by atoms with Gasteiger partial charge in [0.1, 0.15) is 24.3 Å². The molecule has 1 unspecified atom stereocenters. The van der Waals surface area contributed by atoms with E-state index in [1.807, 2.05) is 0 Å². The van der Waals surface area contributed by atoms with E-state index in [2.05, 4.69) is 4.98 Å². The zero-order valence-electron chi connectivity index (χ0n) is 10.8. The van der Waals surface area contributed by atoms with E-state index in [9.17, 15) is 19.4 Å². The van der Waals surface area contributed by atoms with Gasteiger partial charge in [0.15, 0.2) is 0 Å². The largest absolute Gasteiger partial charge is 0.393 e. The van der Waals surface area contributed by atoms with Gasteiger partial charge in [0.05, 0.1) is 12.7 Å². The van der Waals surface area contributed by atoms with Gasteiger partial charge in [-0.15, -0.1) is 0 Å². The van der Waals surface area contributed by atoms with Crippen LogP contribution in [0.3, 0.4) is 0 Å². The Morgan fingerprint density at radius 2 is 2.26 bits per heavy atom. The second kappa shape index (κ2) is 6.09. The highest BCUT2D eigenvalue weighted by Crippen LogP contribution is 2.23. The highest BCUT2D eigenvalue weighted by Gasteiger charge is 2.38. The van der Waals surface area contributed by atoms with E-state index in [1.54, 1.807) is 0 Å². The number of nitrogens with two attached hydrogens (primary N) is 1. The van der Waals surface area contributed by atoms with Crippen LogP contribution in [-0.4, -0.2) is 44.8 Å². The summed E-state index contributed by atoms with van der Waals surface area (Å²) in [5, 5.41) is 18.7. The molecular formula is C11H18FN3O4. The highest BCUT2D eigenvalue weighted by molar-refractivity contribution is 5.23. The predicted octanol–water partition coefficient (Wildman–Crippen LogP) is -0.558. The van der Waals surface area contributed by atoms with Gasteiger partial charge in [0, 0.05) is 6.20 Å². The van der Waals surface area contributed by atoms with Gasteiger partial charge in [-0.3, -0.25) is 4.57 Å². The third kappa shape index (κ3) is 3.28. The molecule has 0 aliphatic heterocycles. The first-order chi connectivity index (χ1) is 8.86. The molecule has 0 spiro atoms. The summed E-state index contributed by atoms with van der Waals surface area (Å²) in [6.07, 6.45) is -0.821. The lowest BCUT2D eigenvalue weighted by atomic mass is 10.0. The number of ether oxygens (including phenoxy) is 1. The van der Waals surface area contributed by atoms with Crippen LogP contribution in [0.4, 0.5) is 10.2 Å². The zero-order chi connectivity index (χ0) is 14.6. The minimum absolute atomic E-state index is 0.0582. The lowest BCUT2D eigenvalue weighted by Gasteiger charge is -2.34. The summed E-state index contributed by atoms with van der Waals surface area (Å²) in [4.78, 5) is 15.1. The lowest BCUT2D eigenvalue weighted by molar-refractivity contribution is -0.195. The molecule has 0 aromatic carbocycles. The maximum absolute atomic E-state index is 13.0. The zero-order valence-corrected chi connectivity index (χ0v) is 10.8. The van der Waals surface area contributed by atoms with Gasteiger partial charge in [-0.2, -0.15) is 4.98 Å². The Labute approximate surface area is 109 Å². The van der Waals surface area contributed by atoms with E-state index < -0.39 is 36.9 Å². The van der Waals surface area contributed by atoms with Crippen molar-refractivity contribution in [2.75, 3.05) is 19.0 Å². The summed E-state index contributed by atoms with van der Waals surface area (Å²) in [7, 11) is 0. The molecule has 1 aromatic heterocycles. The Bertz CT molecular complexity index is 473. The second-order valence-corrected chi connectivity index (χ2v) is 4.29. The molecule has 8 heteroatoms. The number of hydrogen-bond acceptors (Lipinski definition) is 6. The van der Waals surface area contributed by atoms with Crippen molar-refractivity contribution in [3.8, 4) is 0 Å². The molecule has 0 aliphatic carbocycles. The molecule has 108 valence electrons. The Balaban J connectivity index is 3.00. The third-order valence-corrected chi connectivity index (χ3v) is 2.90. The van der Waals surface area contributed by atoms with Crippen molar-refractivity contribution in [3.05, 3.63) is 22.7 Å². The molecule has 4 N–H and O–H groups in total. The topological polar surface area (TPSA) is 111 Å². The average Bonchev–Trinajstić information content (AvgIpc) is 2.35. The minimum atomic E-state index is -1.78. The summed E-state index contributed by atoms with van der Waals surface area (Å²) in [5.74, 6) is 0.0582. The van der Waals surface area contributed by atoms with Gasteiger partial charge < -0.3 is 20.7 Å². The molecule has 0 bridgehead atoms. The molecule has 3 atom stereocenters. The average molecular weight is 275 g/mol. The summed E-state index contributed by atoms with van der Waals surface area (Å²) < 4.78 is 19.4. The minimum Gasteiger partial charge on any atom is -0.393 e. The van der Waals surface area contributed by atoms with Crippen LogP contribution in [0.25, 0.3) is 0 Å². The van der Waals surface area contributed by atoms with Gasteiger partial charge in [-0.1, -0.05) is 0 Å². The maximum Gasteiger partial charge on any atom is 0.351 e. The number of halogens is 1. The van der Waals surface area contributed by atoms with E-state index in [4.69, 9.17) is 10.5 Å². The fourth-order valence-electron chi connectivity index (χ4n) is 1.55. The normalized spacial score (nSPS) is 17.7. The van der Waals surface area contributed by atoms with Crippen molar-refractivity contribution in [3.63, 3.8) is 0 Å². The van der Waals surface area contributed by atoms with Crippen LogP contribution in [0, 0.1) is 0 Å². The van der Waals surface area contributed by atoms with Crippen LogP contribution < -0.4 is 11.4 Å². The van der Waals surface area contributed by atoms with Crippen LogP contribution in [0.1, 0.15) is 20.1 Å². The molecule has 0 saturated heterocycles. The molecule has 1 rings (SSSR count). The smallest absolute Gasteiger partial charge is 0.351 e. The van der Waals surface area contributed by atoms with E-state index >= 15 is 0 Å². The van der Waals surface area contributed by atoms with Gasteiger partial charge in [-0.05, 0) is 19.9 Å². The first kappa shape index (κ1) is 15.5. The molecule has 0 amide bonds. The van der Waals surface area contributed by atoms with Crippen molar-refractivity contribution < 1.29 is 19.3 Å². The molecule has 7 nitrogen and oxygen atoms in total. The van der Waals surface area contributed by atoms with Crippen molar-refractivity contribution in [2.24, 2.45) is 0 Å². The molecular weight excluding hydrogens is 257 g/mol. The fraction of sp³-hybridized carbons (Fsp3) is 0.636. The number of rotatable bonds is 6. The first-order valence-corrected chi connectivity index (χ1v) is 5.73. The van der Waals surface area contributed by atoms with Gasteiger partial charge >= 0.3 is 5.69 Å². The Kier molecular flexibility index (Phi) is 4.98. The Morgan fingerprint density at radius 3 is 2.68 bits per heavy atom. The fourth-order valence-corrected chi connectivity index (χ4v) is 1.55. The number of aliphatic hydroxyl groups is 2. The molecule has 19 heavy (non-hydrogen) atoms. The van der Waals surface area contributed by atoms with Gasteiger partial charge in [0.25, 0.3) is 0 Å². The molecule has 0 radical (unpaired) electrons. The monoisotopic (exact) mass is 275 g/mol. The van der Waals surface area contributed by atoms with Crippen molar-refractivity contribution in [1.29, 1.82) is 0 Å². The van der Waals surface area contributed by atoms with E-state index in [-0.39, 0.29) is 5.82 Å². The Morgan fingerprint density at radius 1 is 1.63 bits per heavy atom. The van der Waals surface area contributed by atoms with Gasteiger partial charge in [-0.25, -0.2) is 9.18 Å². The van der Waals surface area contributed by atoms with Crippen LogP contribution >= 0.6 is 0 Å². The molecule has 0 fully saturated rings. The van der Waals surface area contributed by atoms with Crippen LogP contribution in [0.15, 0.2) is 17.1 Å². The van der Waals surface area contributed by atoms with E-state index in [0.717, 1.165) is 4.57 Å². The van der Waals surface area contributed by atoms with Crippen LogP contribution in [0.2, 0.25) is 0 Å².